The molecule has 1 aromatic rings. The molecule has 0 saturated heterocycles. The van der Waals surface area contributed by atoms with Gasteiger partial charge in [0.1, 0.15) is 0 Å². The lowest BCUT2D eigenvalue weighted by Gasteiger charge is -1.93. The number of benzene rings is 1. The van der Waals surface area contributed by atoms with Crippen LogP contribution in [0, 0.1) is 6.92 Å². The van der Waals surface area contributed by atoms with Crippen LogP contribution in [-0.2, 0) is 0 Å². The molecule has 2 heteroatoms. The Hall–Kier alpha value is -0.500. The SMILES string of the molecule is CBr.Cc1ccccc1N. The maximum Gasteiger partial charge on any atom is 0.0343 e. The molecule has 0 bridgehead atoms. The molecule has 0 unspecified atom stereocenters. The lowest BCUT2D eigenvalue weighted by atomic mass is 10.2. The molecule has 0 fully saturated rings. The minimum atomic E-state index is 0.868. The molecular formula is C8H12BrN. The van der Waals surface area contributed by atoms with Gasteiger partial charge < -0.3 is 5.73 Å². The van der Waals surface area contributed by atoms with Gasteiger partial charge in [0.15, 0.2) is 0 Å². The smallest absolute Gasteiger partial charge is 0.0343 e. The topological polar surface area (TPSA) is 26.0 Å². The summed E-state index contributed by atoms with van der Waals surface area (Å²) in [6, 6.07) is 7.80. The van der Waals surface area contributed by atoms with E-state index >= 15 is 0 Å². The van der Waals surface area contributed by atoms with Gasteiger partial charge >= 0.3 is 0 Å². The zero-order valence-electron chi connectivity index (χ0n) is 6.26. The van der Waals surface area contributed by atoms with E-state index in [0.29, 0.717) is 0 Å². The predicted molar refractivity (Wildman–Crippen MR) is 50.4 cm³/mol. The standard InChI is InChI=1S/C7H9N.CH3Br/c1-6-4-2-3-5-7(6)8;1-2/h2-5H,8H2,1H3;1H3. The van der Waals surface area contributed by atoms with Gasteiger partial charge in [0, 0.05) is 5.69 Å². The summed E-state index contributed by atoms with van der Waals surface area (Å²) >= 11 is 2.94. The van der Waals surface area contributed by atoms with Crippen molar-refractivity contribution in [3.63, 3.8) is 0 Å². The van der Waals surface area contributed by atoms with E-state index in [0.717, 1.165) is 11.3 Å². The maximum absolute atomic E-state index is 5.52. The van der Waals surface area contributed by atoms with Crippen LogP contribution in [0.3, 0.4) is 0 Å². The Morgan fingerprint density at radius 1 is 1.20 bits per heavy atom. The summed E-state index contributed by atoms with van der Waals surface area (Å²) in [5.41, 5.74) is 7.53. The van der Waals surface area contributed by atoms with Gasteiger partial charge in [-0.2, -0.15) is 0 Å². The van der Waals surface area contributed by atoms with E-state index in [4.69, 9.17) is 5.73 Å². The van der Waals surface area contributed by atoms with Gasteiger partial charge in [-0.1, -0.05) is 34.1 Å². The number of halogens is 1. The van der Waals surface area contributed by atoms with Crippen LogP contribution in [0.4, 0.5) is 5.69 Å². The fourth-order valence-electron chi connectivity index (χ4n) is 0.587. The maximum atomic E-state index is 5.52. The van der Waals surface area contributed by atoms with Crippen molar-refractivity contribution >= 4 is 21.6 Å². The van der Waals surface area contributed by atoms with E-state index in [9.17, 15) is 0 Å². The average molecular weight is 202 g/mol. The summed E-state index contributed by atoms with van der Waals surface area (Å²) in [4.78, 5) is 0. The molecule has 1 nitrogen and oxygen atoms in total. The van der Waals surface area contributed by atoms with Crippen LogP contribution in [0.1, 0.15) is 5.56 Å². The van der Waals surface area contributed by atoms with E-state index < -0.39 is 0 Å². The van der Waals surface area contributed by atoms with E-state index in [1.54, 1.807) is 0 Å². The van der Waals surface area contributed by atoms with Crippen molar-refractivity contribution in [2.75, 3.05) is 11.6 Å². The largest absolute Gasteiger partial charge is 0.399 e. The Bertz CT molecular complexity index is 165. The van der Waals surface area contributed by atoms with E-state index in [2.05, 4.69) is 15.9 Å². The summed E-state index contributed by atoms with van der Waals surface area (Å²) in [6.45, 7) is 2.00. The number of aryl methyl sites for hydroxylation is 1. The first kappa shape index (κ1) is 9.50. The fourth-order valence-corrected chi connectivity index (χ4v) is 0.587. The van der Waals surface area contributed by atoms with Crippen molar-refractivity contribution in [2.45, 2.75) is 6.92 Å². The summed E-state index contributed by atoms with van der Waals surface area (Å²) in [7, 11) is 0. The van der Waals surface area contributed by atoms with Crippen LogP contribution >= 0.6 is 15.9 Å². The van der Waals surface area contributed by atoms with Crippen molar-refractivity contribution in [3.05, 3.63) is 29.8 Å². The highest BCUT2D eigenvalue weighted by Gasteiger charge is 1.84. The second kappa shape index (κ2) is 5.30. The Morgan fingerprint density at radius 3 is 2.00 bits per heavy atom. The minimum absolute atomic E-state index is 0.868. The van der Waals surface area contributed by atoms with Gasteiger partial charge in [-0.05, 0) is 24.4 Å². The second-order valence-corrected chi connectivity index (χ2v) is 1.86. The number of alkyl halides is 1. The highest BCUT2D eigenvalue weighted by Crippen LogP contribution is 2.06. The van der Waals surface area contributed by atoms with Gasteiger partial charge in [-0.15, -0.1) is 0 Å². The molecule has 0 spiro atoms. The summed E-state index contributed by atoms with van der Waals surface area (Å²) in [5.74, 6) is 1.81. The highest BCUT2D eigenvalue weighted by molar-refractivity contribution is 9.08. The number of hydrogen-bond acceptors (Lipinski definition) is 1. The second-order valence-electron chi connectivity index (χ2n) is 1.86. The molecule has 0 aliphatic carbocycles. The predicted octanol–water partition coefficient (Wildman–Crippen LogP) is 2.59. The molecule has 10 heavy (non-hydrogen) atoms. The molecule has 0 saturated carbocycles. The van der Waals surface area contributed by atoms with Crippen LogP contribution < -0.4 is 5.73 Å². The molecule has 1 aromatic carbocycles. The van der Waals surface area contributed by atoms with Crippen molar-refractivity contribution in [3.8, 4) is 0 Å². The summed E-state index contributed by atoms with van der Waals surface area (Å²) in [5, 5.41) is 0. The molecule has 2 N–H and O–H groups in total. The third-order valence-electron chi connectivity index (χ3n) is 1.19. The summed E-state index contributed by atoms with van der Waals surface area (Å²) in [6.07, 6.45) is 0. The molecular weight excluding hydrogens is 190 g/mol. The van der Waals surface area contributed by atoms with E-state index in [-0.39, 0.29) is 0 Å². The molecule has 0 aliphatic rings. The Kier molecular flexibility index (Phi) is 5.03. The molecule has 0 aliphatic heterocycles. The first-order chi connectivity index (χ1) is 4.80. The third kappa shape index (κ3) is 2.87. The number of nitrogens with two attached hydrogens (primary N) is 1. The molecule has 0 amide bonds. The van der Waals surface area contributed by atoms with Crippen molar-refractivity contribution < 1.29 is 0 Å². The normalized spacial score (nSPS) is 7.90. The minimum Gasteiger partial charge on any atom is -0.399 e. The van der Waals surface area contributed by atoms with Gasteiger partial charge in [0.05, 0.1) is 0 Å². The van der Waals surface area contributed by atoms with Gasteiger partial charge in [-0.25, -0.2) is 0 Å². The van der Waals surface area contributed by atoms with Crippen LogP contribution in [-0.4, -0.2) is 5.83 Å². The monoisotopic (exact) mass is 201 g/mol. The summed E-state index contributed by atoms with van der Waals surface area (Å²) < 4.78 is 0. The molecule has 1 rings (SSSR count). The van der Waals surface area contributed by atoms with Crippen molar-refractivity contribution in [2.24, 2.45) is 0 Å². The number of anilines is 1. The first-order valence-electron chi connectivity index (χ1n) is 2.99. The first-order valence-corrected chi connectivity index (χ1v) is 4.58. The average Bonchev–Trinajstić information content (AvgIpc) is 2.00. The van der Waals surface area contributed by atoms with Gasteiger partial charge in [0.25, 0.3) is 0 Å². The number of hydrogen-bond donors (Lipinski definition) is 1. The van der Waals surface area contributed by atoms with Gasteiger partial charge in [-0.3, -0.25) is 0 Å². The molecule has 0 aromatic heterocycles. The zero-order valence-corrected chi connectivity index (χ0v) is 7.85. The molecule has 0 radical (unpaired) electrons. The lowest BCUT2D eigenvalue weighted by molar-refractivity contribution is 1.47. The van der Waals surface area contributed by atoms with Crippen molar-refractivity contribution in [1.82, 2.24) is 0 Å². The van der Waals surface area contributed by atoms with Crippen molar-refractivity contribution in [1.29, 1.82) is 0 Å². The van der Waals surface area contributed by atoms with E-state index in [1.165, 1.54) is 0 Å². The Morgan fingerprint density at radius 2 is 1.70 bits per heavy atom. The third-order valence-corrected chi connectivity index (χ3v) is 1.19. The number of rotatable bonds is 0. The lowest BCUT2D eigenvalue weighted by Crippen LogP contribution is -1.85. The number of nitrogen functional groups attached to an aromatic ring is 1. The number of para-hydroxylation sites is 1. The van der Waals surface area contributed by atoms with Crippen LogP contribution in [0.2, 0.25) is 0 Å². The van der Waals surface area contributed by atoms with Crippen LogP contribution in [0.25, 0.3) is 0 Å². The quantitative estimate of drug-likeness (QED) is 0.507. The van der Waals surface area contributed by atoms with Crippen LogP contribution in [0.15, 0.2) is 24.3 Å². The van der Waals surface area contributed by atoms with Gasteiger partial charge in [0.2, 0.25) is 0 Å². The Labute approximate surface area is 70.4 Å². The molecule has 56 valence electrons. The molecule has 0 atom stereocenters. The Balaban J connectivity index is 0.000000371. The molecule has 0 heterocycles. The van der Waals surface area contributed by atoms with E-state index in [1.807, 2.05) is 37.0 Å². The zero-order chi connectivity index (χ0) is 7.98. The highest BCUT2D eigenvalue weighted by atomic mass is 79.9. The van der Waals surface area contributed by atoms with Crippen LogP contribution in [0.5, 0.6) is 0 Å². The fraction of sp³-hybridized carbons (Fsp3) is 0.250.